The second kappa shape index (κ2) is 5.48. The maximum Gasteiger partial charge on any atom is 0.0809 e. The summed E-state index contributed by atoms with van der Waals surface area (Å²) in [5.74, 6) is 0. The summed E-state index contributed by atoms with van der Waals surface area (Å²) in [6, 6.07) is 8.65. The zero-order valence-corrected chi connectivity index (χ0v) is 12.9. The van der Waals surface area contributed by atoms with E-state index in [1.165, 1.54) is 0 Å². The first-order chi connectivity index (χ1) is 8.45. The molecule has 2 aromatic carbocycles. The highest BCUT2D eigenvalue weighted by Gasteiger charge is 2.21. The predicted octanol–water partition coefficient (Wildman–Crippen LogP) is 6.73. The first kappa shape index (κ1) is 14.3. The maximum atomic E-state index is 6.20. The number of hydrogen-bond donors (Lipinski definition) is 0. The molecule has 0 heterocycles. The Morgan fingerprint density at radius 3 is 1.83 bits per heavy atom. The Morgan fingerprint density at radius 1 is 0.833 bits per heavy atom. The van der Waals surface area contributed by atoms with E-state index in [0.717, 1.165) is 11.1 Å². The number of rotatable bonds is 1. The van der Waals surface area contributed by atoms with Crippen LogP contribution in [0.3, 0.4) is 0 Å². The minimum Gasteiger partial charge on any atom is -0.0819 e. The van der Waals surface area contributed by atoms with Gasteiger partial charge in [0.25, 0.3) is 0 Å². The van der Waals surface area contributed by atoms with Crippen LogP contribution in [0.4, 0.5) is 0 Å². The van der Waals surface area contributed by atoms with Crippen molar-refractivity contribution in [2.45, 2.75) is 6.92 Å². The van der Waals surface area contributed by atoms with Gasteiger partial charge in [0.1, 0.15) is 0 Å². The van der Waals surface area contributed by atoms with Crippen molar-refractivity contribution in [1.29, 1.82) is 0 Å². The maximum absolute atomic E-state index is 6.20. The summed E-state index contributed by atoms with van der Waals surface area (Å²) in [7, 11) is 0. The van der Waals surface area contributed by atoms with Gasteiger partial charge < -0.3 is 0 Å². The molecule has 18 heavy (non-hydrogen) atoms. The van der Waals surface area contributed by atoms with Gasteiger partial charge in [-0.25, -0.2) is 0 Å². The number of hydrogen-bond acceptors (Lipinski definition) is 0. The molecule has 2 rings (SSSR count). The van der Waals surface area contributed by atoms with Gasteiger partial charge in [0.2, 0.25) is 0 Å². The van der Waals surface area contributed by atoms with Crippen LogP contribution in [0.2, 0.25) is 25.1 Å². The third-order valence-electron chi connectivity index (χ3n) is 2.52. The van der Waals surface area contributed by atoms with Crippen LogP contribution in [0.5, 0.6) is 0 Å². The van der Waals surface area contributed by atoms with Crippen LogP contribution in [-0.4, -0.2) is 0 Å². The van der Waals surface area contributed by atoms with Crippen LogP contribution < -0.4 is 0 Å². The number of halogens is 5. The predicted molar refractivity (Wildman–Crippen MR) is 80.5 cm³/mol. The highest BCUT2D eigenvalue weighted by atomic mass is 35.5. The fourth-order valence-electron chi connectivity index (χ4n) is 1.61. The van der Waals surface area contributed by atoms with Crippen molar-refractivity contribution in [3.63, 3.8) is 0 Å². The second-order valence-electron chi connectivity index (χ2n) is 3.67. The van der Waals surface area contributed by atoms with Crippen LogP contribution in [-0.2, 0) is 0 Å². The quantitative estimate of drug-likeness (QED) is 0.399. The Balaban J connectivity index is 2.85. The summed E-state index contributed by atoms with van der Waals surface area (Å²) in [4.78, 5) is 0. The van der Waals surface area contributed by atoms with Crippen molar-refractivity contribution in [1.82, 2.24) is 0 Å². The van der Waals surface area contributed by atoms with Crippen LogP contribution in [0.1, 0.15) is 5.56 Å². The molecule has 0 aliphatic heterocycles. The molecular weight excluding hydrogens is 333 g/mol. The summed E-state index contributed by atoms with van der Waals surface area (Å²) < 4.78 is 0. The van der Waals surface area contributed by atoms with E-state index in [4.69, 9.17) is 58.0 Å². The molecule has 0 atom stereocenters. The van der Waals surface area contributed by atoms with Gasteiger partial charge in [-0.1, -0.05) is 76.2 Å². The van der Waals surface area contributed by atoms with E-state index in [0.29, 0.717) is 5.56 Å². The topological polar surface area (TPSA) is 0 Å². The first-order valence-corrected chi connectivity index (χ1v) is 6.83. The normalized spacial score (nSPS) is 10.8. The van der Waals surface area contributed by atoms with E-state index in [1.54, 1.807) is 6.07 Å². The van der Waals surface area contributed by atoms with E-state index < -0.39 is 0 Å². The summed E-state index contributed by atoms with van der Waals surface area (Å²) in [6.07, 6.45) is 0. The van der Waals surface area contributed by atoms with Crippen molar-refractivity contribution in [3.05, 3.63) is 54.9 Å². The third kappa shape index (κ3) is 2.33. The Morgan fingerprint density at radius 2 is 1.33 bits per heavy atom. The number of benzene rings is 2. The van der Waals surface area contributed by atoms with Crippen LogP contribution in [0.15, 0.2) is 18.2 Å². The molecule has 0 saturated carbocycles. The van der Waals surface area contributed by atoms with Crippen molar-refractivity contribution >= 4 is 58.0 Å². The van der Waals surface area contributed by atoms with Gasteiger partial charge in [0.05, 0.1) is 25.1 Å². The van der Waals surface area contributed by atoms with Gasteiger partial charge in [-0.3, -0.25) is 0 Å². The van der Waals surface area contributed by atoms with Crippen molar-refractivity contribution in [3.8, 4) is 11.1 Å². The minimum absolute atomic E-state index is 0.158. The zero-order chi connectivity index (χ0) is 13.4. The van der Waals surface area contributed by atoms with E-state index >= 15 is 0 Å². The van der Waals surface area contributed by atoms with Crippen LogP contribution >= 0.6 is 58.0 Å². The zero-order valence-electron chi connectivity index (χ0n) is 9.12. The van der Waals surface area contributed by atoms with Gasteiger partial charge in [-0.05, 0) is 24.1 Å². The first-order valence-electron chi connectivity index (χ1n) is 4.94. The molecule has 1 radical (unpaired) electrons. The smallest absolute Gasteiger partial charge is 0.0809 e. The molecule has 0 N–H and O–H groups in total. The second-order valence-corrected chi connectivity index (χ2v) is 5.56. The fourth-order valence-corrected chi connectivity index (χ4v) is 2.94. The van der Waals surface area contributed by atoms with Crippen molar-refractivity contribution in [2.75, 3.05) is 0 Å². The Hall–Kier alpha value is -0.110. The van der Waals surface area contributed by atoms with E-state index in [-0.39, 0.29) is 25.1 Å². The van der Waals surface area contributed by atoms with Gasteiger partial charge in [-0.15, -0.1) is 0 Å². The molecule has 0 aliphatic carbocycles. The summed E-state index contributed by atoms with van der Waals surface area (Å²) in [5, 5.41) is 1.10. The highest BCUT2D eigenvalue weighted by Crippen LogP contribution is 2.48. The lowest BCUT2D eigenvalue weighted by atomic mass is 10.0. The molecule has 0 unspecified atom stereocenters. The Kier molecular flexibility index (Phi) is 4.36. The number of aryl methyl sites for hydroxylation is 1. The molecule has 0 aliphatic rings. The highest BCUT2D eigenvalue weighted by molar-refractivity contribution is 6.56. The molecule has 0 nitrogen and oxygen atoms in total. The minimum atomic E-state index is 0.158. The van der Waals surface area contributed by atoms with Gasteiger partial charge in [0.15, 0.2) is 0 Å². The van der Waals surface area contributed by atoms with Crippen LogP contribution in [0.25, 0.3) is 11.1 Å². The van der Waals surface area contributed by atoms with Gasteiger partial charge in [0, 0.05) is 5.56 Å². The SMILES string of the molecule is Cc1ccc[c]c1-c1c(Cl)c(Cl)c(Cl)c(Cl)c1Cl. The van der Waals surface area contributed by atoms with E-state index in [9.17, 15) is 0 Å². The Labute approximate surface area is 130 Å². The fraction of sp³-hybridized carbons (Fsp3) is 0.0769. The molecule has 0 fully saturated rings. The summed E-state index contributed by atoms with van der Waals surface area (Å²) in [6.45, 7) is 1.93. The summed E-state index contributed by atoms with van der Waals surface area (Å²) in [5.41, 5.74) is 2.28. The average Bonchev–Trinajstić information content (AvgIpc) is 2.36. The molecular formula is C13H6Cl5. The molecule has 0 amide bonds. The van der Waals surface area contributed by atoms with Crippen molar-refractivity contribution < 1.29 is 0 Å². The molecule has 0 saturated heterocycles. The molecule has 0 bridgehead atoms. The van der Waals surface area contributed by atoms with E-state index in [2.05, 4.69) is 6.07 Å². The third-order valence-corrected chi connectivity index (χ3v) is 4.80. The average molecular weight is 339 g/mol. The molecule has 0 spiro atoms. The standard InChI is InChI=1S/C13H6Cl5/c1-6-4-2-3-5-7(6)8-9(14)11(16)13(18)12(17)10(8)15/h2-4H,1H3. The van der Waals surface area contributed by atoms with Crippen molar-refractivity contribution in [2.24, 2.45) is 0 Å². The largest absolute Gasteiger partial charge is 0.0819 e. The molecule has 2 aromatic rings. The van der Waals surface area contributed by atoms with Crippen LogP contribution in [0, 0.1) is 13.0 Å². The Bertz CT molecular complexity index is 590. The molecule has 5 heteroatoms. The molecule has 93 valence electrons. The van der Waals surface area contributed by atoms with Gasteiger partial charge >= 0.3 is 0 Å². The van der Waals surface area contributed by atoms with E-state index in [1.807, 2.05) is 19.1 Å². The lowest BCUT2D eigenvalue weighted by Gasteiger charge is -2.14. The molecule has 0 aromatic heterocycles. The summed E-state index contributed by atoms with van der Waals surface area (Å²) >= 11 is 30.4. The monoisotopic (exact) mass is 337 g/mol. The van der Waals surface area contributed by atoms with Gasteiger partial charge in [-0.2, -0.15) is 0 Å². The lowest BCUT2D eigenvalue weighted by Crippen LogP contribution is -1.89. The lowest BCUT2D eigenvalue weighted by molar-refractivity contribution is 1.45.